The fourth-order valence-corrected chi connectivity index (χ4v) is 5.28. The fraction of sp³-hybridized carbons (Fsp3) is 0.350. The van der Waals surface area contributed by atoms with Crippen molar-refractivity contribution in [2.75, 3.05) is 22.4 Å². The number of carbonyl (C=O) groups excluding carboxylic acids is 1. The molecule has 0 fully saturated rings. The van der Waals surface area contributed by atoms with Crippen LogP contribution in [0.5, 0.6) is 0 Å². The first-order valence-corrected chi connectivity index (χ1v) is 12.6. The van der Waals surface area contributed by atoms with E-state index in [4.69, 9.17) is 11.9 Å². The van der Waals surface area contributed by atoms with Gasteiger partial charge in [-0.25, -0.2) is 17.6 Å². The Hall–Kier alpha value is -2.01. The lowest BCUT2D eigenvalue weighted by Gasteiger charge is -2.29. The van der Waals surface area contributed by atoms with Gasteiger partial charge in [0, 0.05) is 30.0 Å². The first-order chi connectivity index (χ1) is 14.7. The molecule has 7 nitrogen and oxygen atoms in total. The number of sulfone groups is 1. The van der Waals surface area contributed by atoms with E-state index >= 15 is 0 Å². The quantitative estimate of drug-likeness (QED) is 0.446. The molecule has 0 aliphatic heterocycles. The molecule has 31 heavy (non-hydrogen) atoms. The van der Waals surface area contributed by atoms with Crippen molar-refractivity contribution < 1.29 is 30.7 Å². The summed E-state index contributed by atoms with van der Waals surface area (Å²) < 4.78 is 67.4. The normalized spacial score (nSPS) is 12.4. The third-order valence-electron chi connectivity index (χ3n) is 4.52. The topological polar surface area (TPSA) is 104 Å². The van der Waals surface area contributed by atoms with Gasteiger partial charge in [0.05, 0.1) is 11.4 Å². The fourth-order valence-electron chi connectivity index (χ4n) is 3.20. The van der Waals surface area contributed by atoms with E-state index in [-0.39, 0.29) is 42.1 Å². The summed E-state index contributed by atoms with van der Waals surface area (Å²) in [5.74, 6) is -2.26. The van der Waals surface area contributed by atoms with Gasteiger partial charge < -0.3 is 13.1 Å². The van der Waals surface area contributed by atoms with Crippen molar-refractivity contribution >= 4 is 44.6 Å². The molecule has 2 aromatic carbocycles. The highest BCUT2D eigenvalue weighted by atomic mass is 35.5. The van der Waals surface area contributed by atoms with Crippen LogP contribution in [0.1, 0.15) is 41.3 Å². The second-order valence-electron chi connectivity index (χ2n) is 6.77. The van der Waals surface area contributed by atoms with Crippen molar-refractivity contribution in [2.45, 2.75) is 26.2 Å². The van der Waals surface area contributed by atoms with Crippen LogP contribution < -0.4 is 4.31 Å². The molecule has 0 N–H and O–H groups in total. The van der Waals surface area contributed by atoms with Crippen LogP contribution in [0, 0.1) is 5.82 Å². The molecule has 0 aromatic heterocycles. The number of nitrogens with zero attached hydrogens (tertiary/aromatic N) is 1. The lowest BCUT2D eigenvalue weighted by Crippen LogP contribution is -2.30. The van der Waals surface area contributed by atoms with Gasteiger partial charge >= 0.3 is 5.97 Å². The molecule has 1 atom stereocenters. The van der Waals surface area contributed by atoms with E-state index in [2.05, 4.69) is 4.29 Å². The molecule has 0 spiro atoms. The zero-order valence-corrected chi connectivity index (χ0v) is 19.1. The van der Waals surface area contributed by atoms with Crippen molar-refractivity contribution in [2.24, 2.45) is 0 Å². The van der Waals surface area contributed by atoms with Gasteiger partial charge in [0.2, 0.25) is 0 Å². The van der Waals surface area contributed by atoms with Crippen LogP contribution in [0.25, 0.3) is 0 Å². The van der Waals surface area contributed by atoms with E-state index in [9.17, 15) is 26.4 Å². The van der Waals surface area contributed by atoms with Crippen molar-refractivity contribution in [3.63, 3.8) is 0 Å². The van der Waals surface area contributed by atoms with Gasteiger partial charge in [0.25, 0.3) is 0 Å². The van der Waals surface area contributed by atoms with E-state index < -0.39 is 38.5 Å². The molecule has 0 saturated heterocycles. The average molecular weight is 491 g/mol. The Morgan fingerprint density at radius 3 is 2.45 bits per heavy atom. The smallest absolute Gasteiger partial charge is 0.359 e. The second-order valence-corrected chi connectivity index (χ2v) is 10.1. The molecule has 170 valence electrons. The predicted molar refractivity (Wildman–Crippen MR) is 117 cm³/mol. The maximum absolute atomic E-state index is 14.5. The van der Waals surface area contributed by atoms with E-state index in [1.165, 1.54) is 6.07 Å². The SMILES string of the molecule is CCCS(=O)(=O)CCCN(c1ccc(F)c(C(=O)OCl)c1Cc1ccccc1)S(=O)[O-]. The standard InChI is InChI=1S/C20H23ClFNO6S2/c1-2-12-31(27,28)13-6-11-23(30(25)26)18-10-9-17(22)19(20(24)29-21)16(18)14-15-7-4-3-5-8-15/h3-5,7-10H,2,6,11-14H2,1H3,(H,25,26)/p-1. The summed E-state index contributed by atoms with van der Waals surface area (Å²) >= 11 is 2.37. The van der Waals surface area contributed by atoms with Crippen LogP contribution in [-0.2, 0) is 31.8 Å². The number of halogens is 2. The molecule has 0 bridgehead atoms. The molecule has 0 heterocycles. The number of hydrogen-bond acceptors (Lipinski definition) is 6. The number of anilines is 1. The summed E-state index contributed by atoms with van der Waals surface area (Å²) in [6.07, 6.45) is 0.521. The van der Waals surface area contributed by atoms with Gasteiger partial charge in [-0.2, -0.15) is 0 Å². The molecule has 0 amide bonds. The highest BCUT2D eigenvalue weighted by Crippen LogP contribution is 2.31. The summed E-state index contributed by atoms with van der Waals surface area (Å²) in [6.45, 7) is 1.57. The van der Waals surface area contributed by atoms with Crippen LogP contribution in [-0.4, -0.2) is 41.2 Å². The third-order valence-corrected chi connectivity index (χ3v) is 7.34. The van der Waals surface area contributed by atoms with E-state index in [0.29, 0.717) is 12.0 Å². The summed E-state index contributed by atoms with van der Waals surface area (Å²) in [5.41, 5.74) is 0.326. The molecular weight excluding hydrogens is 469 g/mol. The minimum atomic E-state index is -3.31. The molecular formula is C20H22ClFNO6S2-. The van der Waals surface area contributed by atoms with E-state index in [1.807, 2.05) is 0 Å². The molecule has 0 saturated carbocycles. The maximum Gasteiger partial charge on any atom is 0.359 e. The van der Waals surface area contributed by atoms with Gasteiger partial charge in [-0.15, -0.1) is 0 Å². The largest absolute Gasteiger partial charge is 0.755 e. The summed E-state index contributed by atoms with van der Waals surface area (Å²) in [7, 11) is -3.31. The molecule has 0 aliphatic carbocycles. The Bertz CT molecular complexity index is 1030. The molecule has 0 aliphatic rings. The molecule has 2 rings (SSSR count). The van der Waals surface area contributed by atoms with E-state index in [0.717, 1.165) is 10.4 Å². The van der Waals surface area contributed by atoms with Crippen LogP contribution >= 0.6 is 11.9 Å². The van der Waals surface area contributed by atoms with Gasteiger partial charge in [0.1, 0.15) is 33.1 Å². The highest BCUT2D eigenvalue weighted by Gasteiger charge is 2.25. The Kier molecular flexibility index (Phi) is 9.42. The molecule has 1 unspecified atom stereocenters. The van der Waals surface area contributed by atoms with Crippen LogP contribution in [0.3, 0.4) is 0 Å². The minimum absolute atomic E-state index is 0.00891. The monoisotopic (exact) mass is 490 g/mol. The Morgan fingerprint density at radius 2 is 1.87 bits per heavy atom. The Labute approximate surface area is 188 Å². The lowest BCUT2D eigenvalue weighted by atomic mass is 9.97. The van der Waals surface area contributed by atoms with Gasteiger partial charge in [-0.3, -0.25) is 4.21 Å². The zero-order chi connectivity index (χ0) is 23.0. The number of hydrogen-bond donors (Lipinski definition) is 0. The van der Waals surface area contributed by atoms with Crippen molar-refractivity contribution in [1.82, 2.24) is 0 Å². The van der Waals surface area contributed by atoms with Crippen molar-refractivity contribution in [3.8, 4) is 0 Å². The van der Waals surface area contributed by atoms with Gasteiger partial charge in [-0.05, 0) is 36.1 Å². The van der Waals surface area contributed by atoms with Crippen LogP contribution in [0.2, 0.25) is 0 Å². The average Bonchev–Trinajstić information content (AvgIpc) is 2.72. The summed E-state index contributed by atoms with van der Waals surface area (Å²) in [4.78, 5) is 12.2. The van der Waals surface area contributed by atoms with E-state index in [1.54, 1.807) is 37.3 Å². The Balaban J connectivity index is 2.47. The Morgan fingerprint density at radius 1 is 1.19 bits per heavy atom. The first kappa shape index (κ1) is 25.3. The van der Waals surface area contributed by atoms with Gasteiger partial charge in [0.15, 0.2) is 0 Å². The second kappa shape index (κ2) is 11.6. The molecule has 2 aromatic rings. The summed E-state index contributed by atoms with van der Waals surface area (Å²) in [5, 5.41) is 0. The number of carbonyl (C=O) groups is 1. The van der Waals surface area contributed by atoms with Crippen molar-refractivity contribution in [1.29, 1.82) is 0 Å². The lowest BCUT2D eigenvalue weighted by molar-refractivity contribution is 0.0745. The van der Waals surface area contributed by atoms with Crippen LogP contribution in [0.4, 0.5) is 10.1 Å². The number of benzene rings is 2. The third kappa shape index (κ3) is 6.99. The first-order valence-electron chi connectivity index (χ1n) is 9.45. The molecule has 11 heteroatoms. The minimum Gasteiger partial charge on any atom is -0.755 e. The maximum atomic E-state index is 14.5. The highest BCUT2D eigenvalue weighted by molar-refractivity contribution is 7.91. The van der Waals surface area contributed by atoms with Crippen LogP contribution in [0.15, 0.2) is 42.5 Å². The van der Waals surface area contributed by atoms with Gasteiger partial charge in [-0.1, -0.05) is 37.3 Å². The summed E-state index contributed by atoms with van der Waals surface area (Å²) in [6, 6.07) is 10.9. The predicted octanol–water partition coefficient (Wildman–Crippen LogP) is 3.54. The number of rotatable bonds is 11. The zero-order valence-electron chi connectivity index (χ0n) is 16.8. The van der Waals surface area contributed by atoms with Crippen molar-refractivity contribution in [3.05, 3.63) is 65.0 Å². The molecule has 0 radical (unpaired) electrons.